The van der Waals surface area contributed by atoms with Gasteiger partial charge in [0.25, 0.3) is 11.8 Å². The van der Waals surface area contributed by atoms with Crippen molar-refractivity contribution in [1.29, 1.82) is 5.41 Å². The Bertz CT molecular complexity index is 1160. The number of alkyl halides is 3. The molecule has 0 aliphatic carbocycles. The van der Waals surface area contributed by atoms with Crippen molar-refractivity contribution in [3.63, 3.8) is 0 Å². The van der Waals surface area contributed by atoms with Gasteiger partial charge in [0.15, 0.2) is 5.54 Å². The number of imide groups is 1. The van der Waals surface area contributed by atoms with Crippen LogP contribution in [0.5, 0.6) is 0 Å². The van der Waals surface area contributed by atoms with E-state index in [1.165, 1.54) is 25.1 Å². The summed E-state index contributed by atoms with van der Waals surface area (Å²) in [6.07, 6.45) is -3.52. The van der Waals surface area contributed by atoms with Crippen LogP contribution in [0.3, 0.4) is 0 Å². The summed E-state index contributed by atoms with van der Waals surface area (Å²) in [6, 6.07) is 9.91. The molecule has 0 aromatic heterocycles. The lowest BCUT2D eigenvalue weighted by Crippen LogP contribution is -2.56. The highest BCUT2D eigenvalue weighted by atomic mass is 32.1. The second-order valence-electron chi connectivity index (χ2n) is 7.29. The number of amides is 4. The predicted octanol–water partition coefficient (Wildman–Crippen LogP) is 3.53. The Morgan fingerprint density at radius 1 is 1.15 bits per heavy atom. The first-order chi connectivity index (χ1) is 15.5. The highest BCUT2D eigenvalue weighted by Crippen LogP contribution is 2.32. The molecule has 1 saturated heterocycles. The van der Waals surface area contributed by atoms with Gasteiger partial charge in [0.2, 0.25) is 0 Å². The van der Waals surface area contributed by atoms with Crippen molar-refractivity contribution in [2.75, 3.05) is 6.54 Å². The van der Waals surface area contributed by atoms with E-state index >= 15 is 0 Å². The Labute approximate surface area is 192 Å². The summed E-state index contributed by atoms with van der Waals surface area (Å²) >= 11 is 4.30. The summed E-state index contributed by atoms with van der Waals surface area (Å²) in [5.41, 5.74) is -1.28. The first kappa shape index (κ1) is 24.1. The molecule has 1 heterocycles. The molecule has 1 fully saturated rings. The van der Waals surface area contributed by atoms with E-state index in [4.69, 9.17) is 5.41 Å². The molecular weight excluding hydrogens is 457 g/mol. The van der Waals surface area contributed by atoms with E-state index < -0.39 is 35.1 Å². The van der Waals surface area contributed by atoms with Crippen molar-refractivity contribution >= 4 is 36.7 Å². The number of benzene rings is 2. The van der Waals surface area contributed by atoms with Crippen molar-refractivity contribution in [2.24, 2.45) is 0 Å². The van der Waals surface area contributed by atoms with Crippen LogP contribution in [0, 0.1) is 5.41 Å². The quantitative estimate of drug-likeness (QED) is 0.250. The second kappa shape index (κ2) is 9.10. The molecule has 4 N–H and O–H groups in total. The first-order valence-electron chi connectivity index (χ1n) is 9.59. The summed E-state index contributed by atoms with van der Waals surface area (Å²) in [5, 5.41) is 14.5. The van der Waals surface area contributed by atoms with Crippen LogP contribution in [-0.2, 0) is 11.0 Å². The zero-order valence-electron chi connectivity index (χ0n) is 17.2. The Kier molecular flexibility index (Phi) is 6.63. The van der Waals surface area contributed by atoms with E-state index in [1.54, 1.807) is 18.2 Å². The highest BCUT2D eigenvalue weighted by Gasteiger charge is 2.49. The summed E-state index contributed by atoms with van der Waals surface area (Å²) in [7, 11) is 0. The van der Waals surface area contributed by atoms with Crippen LogP contribution >= 0.6 is 12.6 Å². The SMILES string of the molecule is C/C(C=N)=C(/S)C1(CNC(=O)c2ccccc2-c2ccc(C(F)(F)F)cc2)NC(=O)NC1=O. The monoisotopic (exact) mass is 476 g/mol. The Morgan fingerprint density at radius 2 is 1.79 bits per heavy atom. The molecule has 3 rings (SSSR count). The third kappa shape index (κ3) is 4.77. The number of hydrogen-bond acceptors (Lipinski definition) is 5. The van der Waals surface area contributed by atoms with Gasteiger partial charge in [0, 0.05) is 16.7 Å². The smallest absolute Gasteiger partial charge is 0.349 e. The molecule has 0 radical (unpaired) electrons. The van der Waals surface area contributed by atoms with Crippen molar-refractivity contribution in [3.8, 4) is 11.1 Å². The Balaban J connectivity index is 1.90. The zero-order chi connectivity index (χ0) is 24.4. The van der Waals surface area contributed by atoms with Crippen molar-refractivity contribution in [1.82, 2.24) is 16.0 Å². The van der Waals surface area contributed by atoms with E-state index in [9.17, 15) is 27.6 Å². The van der Waals surface area contributed by atoms with E-state index in [1.807, 2.05) is 0 Å². The molecular formula is C22H19F3N4O3S. The fourth-order valence-electron chi connectivity index (χ4n) is 3.35. The molecule has 2 aromatic rings. The van der Waals surface area contributed by atoms with Gasteiger partial charge >= 0.3 is 12.2 Å². The number of nitrogens with one attached hydrogen (secondary N) is 4. The summed E-state index contributed by atoms with van der Waals surface area (Å²) in [5.74, 6) is -1.36. The minimum atomic E-state index is -4.48. The molecule has 0 saturated carbocycles. The maximum absolute atomic E-state index is 13.0. The van der Waals surface area contributed by atoms with Crippen LogP contribution in [0.4, 0.5) is 18.0 Å². The molecule has 0 bridgehead atoms. The number of carbonyl (C=O) groups is 3. The molecule has 7 nitrogen and oxygen atoms in total. The largest absolute Gasteiger partial charge is 0.416 e. The number of hydrogen-bond donors (Lipinski definition) is 5. The normalized spacial score (nSPS) is 18.8. The number of rotatable bonds is 6. The van der Waals surface area contributed by atoms with Crippen molar-refractivity contribution in [3.05, 3.63) is 70.1 Å². The molecule has 33 heavy (non-hydrogen) atoms. The molecule has 1 aliphatic heterocycles. The summed E-state index contributed by atoms with van der Waals surface area (Å²) < 4.78 is 38.6. The van der Waals surface area contributed by atoms with Crippen LogP contribution in [0.25, 0.3) is 11.1 Å². The lowest BCUT2D eigenvalue weighted by atomic mass is 9.95. The van der Waals surface area contributed by atoms with E-state index in [0.717, 1.165) is 18.3 Å². The van der Waals surface area contributed by atoms with E-state index in [2.05, 4.69) is 28.6 Å². The van der Waals surface area contributed by atoms with E-state index in [0.29, 0.717) is 16.7 Å². The zero-order valence-corrected chi connectivity index (χ0v) is 18.1. The lowest BCUT2D eigenvalue weighted by Gasteiger charge is -2.28. The minimum absolute atomic E-state index is 0.0807. The van der Waals surface area contributed by atoms with Gasteiger partial charge in [-0.15, -0.1) is 12.6 Å². The number of thiol groups is 1. The number of carbonyl (C=O) groups excluding carboxylic acids is 3. The highest BCUT2D eigenvalue weighted by molar-refractivity contribution is 7.84. The Hall–Kier alpha value is -3.60. The predicted molar refractivity (Wildman–Crippen MR) is 119 cm³/mol. The van der Waals surface area contributed by atoms with Gasteiger partial charge in [-0.05, 0) is 41.8 Å². The second-order valence-corrected chi connectivity index (χ2v) is 7.74. The molecule has 1 aliphatic rings. The molecule has 11 heteroatoms. The van der Waals surface area contributed by atoms with Gasteiger partial charge in [-0.1, -0.05) is 30.3 Å². The minimum Gasteiger partial charge on any atom is -0.349 e. The van der Waals surface area contributed by atoms with Gasteiger partial charge in [-0.25, -0.2) is 4.79 Å². The fraction of sp³-hybridized carbons (Fsp3) is 0.182. The van der Waals surface area contributed by atoms with Crippen LogP contribution in [0.15, 0.2) is 59.0 Å². The van der Waals surface area contributed by atoms with Crippen LogP contribution < -0.4 is 16.0 Å². The van der Waals surface area contributed by atoms with E-state index in [-0.39, 0.29) is 17.0 Å². The van der Waals surface area contributed by atoms with Gasteiger partial charge < -0.3 is 16.0 Å². The van der Waals surface area contributed by atoms with Crippen LogP contribution in [-0.4, -0.2) is 36.1 Å². The number of urea groups is 1. The molecule has 4 amide bonds. The maximum Gasteiger partial charge on any atom is 0.416 e. The first-order valence-corrected chi connectivity index (χ1v) is 10.0. The van der Waals surface area contributed by atoms with Crippen LogP contribution in [0.2, 0.25) is 0 Å². The van der Waals surface area contributed by atoms with Gasteiger partial charge in [-0.2, -0.15) is 13.2 Å². The third-order valence-corrected chi connectivity index (χ3v) is 5.88. The summed E-state index contributed by atoms with van der Waals surface area (Å²) in [4.78, 5) is 37.4. The fourth-order valence-corrected chi connectivity index (χ4v) is 3.65. The average Bonchev–Trinajstić information content (AvgIpc) is 3.09. The standard InChI is InChI=1S/C22H19F3N4O3S/c1-12(10-26)17(33)21(19(31)28-20(32)29-21)11-27-18(30)16-5-3-2-4-15(16)13-6-8-14(9-7-13)22(23,24)25/h2-10,26,33H,11H2,1H3,(H,27,30)(H2,28,29,31,32)/b17-12-,26-10?. The lowest BCUT2D eigenvalue weighted by molar-refractivity contribution is -0.137. The maximum atomic E-state index is 13.0. The van der Waals surface area contributed by atoms with Crippen molar-refractivity contribution < 1.29 is 27.6 Å². The average molecular weight is 476 g/mol. The van der Waals surface area contributed by atoms with Gasteiger partial charge in [-0.3, -0.25) is 14.9 Å². The van der Waals surface area contributed by atoms with Gasteiger partial charge in [0.05, 0.1) is 12.1 Å². The van der Waals surface area contributed by atoms with Crippen molar-refractivity contribution in [2.45, 2.75) is 18.6 Å². The Morgan fingerprint density at radius 3 is 2.33 bits per heavy atom. The number of allylic oxidation sites excluding steroid dienone is 1. The van der Waals surface area contributed by atoms with Gasteiger partial charge in [0.1, 0.15) is 0 Å². The topological polar surface area (TPSA) is 111 Å². The molecule has 1 atom stereocenters. The summed E-state index contributed by atoms with van der Waals surface area (Å²) in [6.45, 7) is 1.16. The van der Waals surface area contributed by atoms with Crippen LogP contribution in [0.1, 0.15) is 22.8 Å². The third-order valence-electron chi connectivity index (χ3n) is 5.14. The molecule has 2 aromatic carbocycles. The molecule has 0 spiro atoms. The molecule has 172 valence electrons. The molecule has 1 unspecified atom stereocenters. The number of halogens is 3.